The van der Waals surface area contributed by atoms with Crippen LogP contribution in [-0.2, 0) is 0 Å². The lowest BCUT2D eigenvalue weighted by molar-refractivity contribution is 0.170. The largest absolute Gasteiger partial charge is 0.486 e. The topological polar surface area (TPSA) is 44.5 Å². The van der Waals surface area contributed by atoms with Crippen LogP contribution in [0.15, 0.2) is 6.07 Å². The minimum Gasteiger partial charge on any atom is -0.486 e. The van der Waals surface area contributed by atoms with Gasteiger partial charge in [-0.2, -0.15) is 0 Å². The van der Waals surface area contributed by atoms with E-state index in [1.54, 1.807) is 0 Å². The second-order valence-corrected chi connectivity index (χ2v) is 4.10. The Kier molecular flexibility index (Phi) is 2.76. The number of ether oxygens (including phenoxy) is 2. The van der Waals surface area contributed by atoms with Gasteiger partial charge in [0.2, 0.25) is 0 Å². The van der Waals surface area contributed by atoms with Gasteiger partial charge in [-0.05, 0) is 25.5 Å². The lowest BCUT2D eigenvalue weighted by Crippen LogP contribution is -2.17. The Hall–Kier alpha value is -0.930. The van der Waals surface area contributed by atoms with Gasteiger partial charge in [-0.3, -0.25) is 0 Å². The molecule has 0 aliphatic carbocycles. The van der Waals surface area contributed by atoms with Crippen LogP contribution in [-0.4, -0.2) is 13.2 Å². The highest BCUT2D eigenvalue weighted by molar-refractivity contribution is 6.32. The van der Waals surface area contributed by atoms with E-state index in [1.165, 1.54) is 0 Å². The van der Waals surface area contributed by atoms with Crippen LogP contribution in [0.2, 0.25) is 5.02 Å². The monoisotopic (exact) mass is 227 g/mol. The molecular formula is C11H14ClNO2. The first-order chi connectivity index (χ1) is 7.11. The second-order valence-electron chi connectivity index (χ2n) is 3.72. The van der Waals surface area contributed by atoms with Crippen molar-refractivity contribution in [2.24, 2.45) is 5.73 Å². The van der Waals surface area contributed by atoms with Crippen LogP contribution < -0.4 is 15.2 Å². The van der Waals surface area contributed by atoms with E-state index in [2.05, 4.69) is 0 Å². The molecule has 2 N–H and O–H groups in total. The van der Waals surface area contributed by atoms with Crippen molar-refractivity contribution in [3.05, 3.63) is 22.2 Å². The Labute approximate surface area is 94.1 Å². The quantitative estimate of drug-likeness (QED) is 0.802. The normalized spacial score (nSPS) is 16.3. The summed E-state index contributed by atoms with van der Waals surface area (Å²) in [7, 11) is 0. The van der Waals surface area contributed by atoms with Crippen LogP contribution in [0, 0.1) is 6.92 Å². The molecule has 4 heteroatoms. The van der Waals surface area contributed by atoms with Gasteiger partial charge < -0.3 is 15.2 Å². The maximum atomic E-state index is 6.21. The van der Waals surface area contributed by atoms with E-state index in [1.807, 2.05) is 19.9 Å². The molecule has 0 fully saturated rings. The van der Waals surface area contributed by atoms with Crippen molar-refractivity contribution < 1.29 is 9.47 Å². The minimum absolute atomic E-state index is 0.105. The molecule has 0 amide bonds. The lowest BCUT2D eigenvalue weighted by atomic mass is 10.0. The van der Waals surface area contributed by atoms with E-state index in [-0.39, 0.29) is 6.04 Å². The molecule has 1 atom stereocenters. The number of hydrogen-bond acceptors (Lipinski definition) is 3. The molecule has 2 rings (SSSR count). The van der Waals surface area contributed by atoms with E-state index in [0.29, 0.717) is 18.2 Å². The van der Waals surface area contributed by atoms with Crippen LogP contribution in [0.3, 0.4) is 0 Å². The molecular weight excluding hydrogens is 214 g/mol. The Morgan fingerprint density at radius 2 is 2.07 bits per heavy atom. The maximum absolute atomic E-state index is 6.21. The van der Waals surface area contributed by atoms with Crippen LogP contribution >= 0.6 is 11.6 Å². The molecule has 1 aromatic carbocycles. The third kappa shape index (κ3) is 1.77. The standard InChI is InChI=1S/C11H14ClNO2/c1-6-10(12)8(7(2)13)5-9-11(6)15-4-3-14-9/h5,7H,3-4,13H2,1-2H3. The summed E-state index contributed by atoms with van der Waals surface area (Å²) in [5.74, 6) is 1.49. The summed E-state index contributed by atoms with van der Waals surface area (Å²) in [5.41, 5.74) is 7.64. The van der Waals surface area contributed by atoms with E-state index >= 15 is 0 Å². The van der Waals surface area contributed by atoms with Crippen molar-refractivity contribution in [2.75, 3.05) is 13.2 Å². The van der Waals surface area contributed by atoms with Crippen molar-refractivity contribution >= 4 is 11.6 Å². The lowest BCUT2D eigenvalue weighted by Gasteiger charge is -2.23. The van der Waals surface area contributed by atoms with E-state index < -0.39 is 0 Å². The summed E-state index contributed by atoms with van der Waals surface area (Å²) in [4.78, 5) is 0. The highest BCUT2D eigenvalue weighted by Crippen LogP contribution is 2.41. The van der Waals surface area contributed by atoms with E-state index in [4.69, 9.17) is 26.8 Å². The number of rotatable bonds is 1. The average Bonchev–Trinajstić information content (AvgIpc) is 2.23. The third-order valence-corrected chi connectivity index (χ3v) is 3.01. The zero-order chi connectivity index (χ0) is 11.0. The van der Waals surface area contributed by atoms with Crippen molar-refractivity contribution in [3.63, 3.8) is 0 Å². The number of nitrogens with two attached hydrogens (primary N) is 1. The van der Waals surface area contributed by atoms with Crippen molar-refractivity contribution in [3.8, 4) is 11.5 Å². The highest BCUT2D eigenvalue weighted by atomic mass is 35.5. The molecule has 1 aromatic rings. The summed E-state index contributed by atoms with van der Waals surface area (Å²) in [6.07, 6.45) is 0. The summed E-state index contributed by atoms with van der Waals surface area (Å²) < 4.78 is 11.0. The summed E-state index contributed by atoms with van der Waals surface area (Å²) in [6.45, 7) is 4.96. The van der Waals surface area contributed by atoms with Gasteiger partial charge in [-0.25, -0.2) is 0 Å². The Morgan fingerprint density at radius 1 is 1.40 bits per heavy atom. The molecule has 0 spiro atoms. The van der Waals surface area contributed by atoms with Crippen LogP contribution in [0.1, 0.15) is 24.1 Å². The molecule has 0 saturated carbocycles. The summed E-state index contributed by atoms with van der Waals surface area (Å²) in [6, 6.07) is 1.76. The van der Waals surface area contributed by atoms with Gasteiger partial charge in [-0.1, -0.05) is 11.6 Å². The van der Waals surface area contributed by atoms with Crippen LogP contribution in [0.5, 0.6) is 11.5 Å². The first-order valence-electron chi connectivity index (χ1n) is 4.95. The van der Waals surface area contributed by atoms with Gasteiger partial charge >= 0.3 is 0 Å². The first-order valence-corrected chi connectivity index (χ1v) is 5.33. The van der Waals surface area contributed by atoms with Crippen molar-refractivity contribution in [1.29, 1.82) is 0 Å². The molecule has 1 unspecified atom stereocenters. The van der Waals surface area contributed by atoms with Gasteiger partial charge in [0.15, 0.2) is 11.5 Å². The molecule has 15 heavy (non-hydrogen) atoms. The predicted molar refractivity (Wildman–Crippen MR) is 59.8 cm³/mol. The molecule has 0 saturated heterocycles. The fourth-order valence-electron chi connectivity index (χ4n) is 1.68. The van der Waals surface area contributed by atoms with Crippen molar-refractivity contribution in [2.45, 2.75) is 19.9 Å². The predicted octanol–water partition coefficient (Wildman–Crippen LogP) is 2.44. The molecule has 3 nitrogen and oxygen atoms in total. The Morgan fingerprint density at radius 3 is 2.73 bits per heavy atom. The summed E-state index contributed by atoms with van der Waals surface area (Å²) >= 11 is 6.21. The van der Waals surface area contributed by atoms with Gasteiger partial charge in [0.25, 0.3) is 0 Å². The van der Waals surface area contributed by atoms with E-state index in [0.717, 1.165) is 22.6 Å². The average molecular weight is 228 g/mol. The van der Waals surface area contributed by atoms with Crippen LogP contribution in [0.4, 0.5) is 0 Å². The Bertz CT molecular complexity index is 391. The smallest absolute Gasteiger partial charge is 0.165 e. The highest BCUT2D eigenvalue weighted by Gasteiger charge is 2.20. The molecule has 1 aliphatic heterocycles. The molecule has 0 radical (unpaired) electrons. The number of hydrogen-bond donors (Lipinski definition) is 1. The Balaban J connectivity index is 2.57. The number of benzene rings is 1. The second kappa shape index (κ2) is 3.91. The zero-order valence-electron chi connectivity index (χ0n) is 8.84. The third-order valence-electron chi connectivity index (χ3n) is 2.51. The number of halogens is 1. The molecule has 1 aliphatic rings. The van der Waals surface area contributed by atoms with Gasteiger partial charge in [-0.15, -0.1) is 0 Å². The van der Waals surface area contributed by atoms with Crippen molar-refractivity contribution in [1.82, 2.24) is 0 Å². The molecule has 0 aromatic heterocycles. The minimum atomic E-state index is -0.105. The van der Waals surface area contributed by atoms with E-state index in [9.17, 15) is 0 Å². The zero-order valence-corrected chi connectivity index (χ0v) is 9.60. The fraction of sp³-hybridized carbons (Fsp3) is 0.455. The van der Waals surface area contributed by atoms with Gasteiger partial charge in [0, 0.05) is 11.6 Å². The number of fused-ring (bicyclic) bond motifs is 1. The SMILES string of the molecule is Cc1c(Cl)c(C(C)N)cc2c1OCCO2. The fourth-order valence-corrected chi connectivity index (χ4v) is 2.00. The van der Waals surface area contributed by atoms with Crippen LogP contribution in [0.25, 0.3) is 0 Å². The molecule has 1 heterocycles. The van der Waals surface area contributed by atoms with Gasteiger partial charge in [0.05, 0.1) is 5.02 Å². The summed E-state index contributed by atoms with van der Waals surface area (Å²) in [5, 5.41) is 0.675. The van der Waals surface area contributed by atoms with Gasteiger partial charge in [0.1, 0.15) is 13.2 Å². The molecule has 0 bridgehead atoms. The molecule has 82 valence electrons. The first kappa shape index (κ1) is 10.6. The maximum Gasteiger partial charge on any atom is 0.165 e.